The monoisotopic (exact) mass is 424 g/mol. The number of fused-ring (bicyclic) bond motifs is 1. The van der Waals surface area contributed by atoms with E-state index in [1.165, 1.54) is 4.31 Å². The van der Waals surface area contributed by atoms with Gasteiger partial charge in [-0.3, -0.25) is 9.59 Å². The van der Waals surface area contributed by atoms with Crippen LogP contribution >= 0.6 is 0 Å². The molecule has 0 aliphatic carbocycles. The molecule has 2 atom stereocenters. The lowest BCUT2D eigenvalue weighted by atomic mass is 9.71. The van der Waals surface area contributed by atoms with E-state index in [-0.39, 0.29) is 30.5 Å². The maximum atomic E-state index is 13.6. The van der Waals surface area contributed by atoms with Crippen molar-refractivity contribution >= 4 is 21.8 Å². The van der Waals surface area contributed by atoms with E-state index >= 15 is 0 Å². The van der Waals surface area contributed by atoms with Crippen LogP contribution in [-0.2, 0) is 14.8 Å². The number of aromatic nitrogens is 1. The summed E-state index contributed by atoms with van der Waals surface area (Å²) >= 11 is 0. The van der Waals surface area contributed by atoms with Gasteiger partial charge in [0, 0.05) is 39.3 Å². The van der Waals surface area contributed by atoms with E-state index in [0.717, 1.165) is 12.8 Å². The molecule has 0 unspecified atom stereocenters. The second-order valence-corrected chi connectivity index (χ2v) is 10.6. The Morgan fingerprint density at radius 3 is 2.45 bits per heavy atom. The topological polar surface area (TPSA) is 104 Å². The summed E-state index contributed by atoms with van der Waals surface area (Å²) in [5.74, 6) is 0.160. The standard InChI is InChI=1S/C19H28N4O5S/c1-13-16(14(2)28-20-13)17(24)23-10-6-15-19(12-23,7-11-29(26,27)21(15)3)18(25)22-8-4-5-9-22/h15H,4-12H2,1-3H3/t15-,19+/m1/s1. The van der Waals surface area contributed by atoms with Crippen molar-refractivity contribution < 1.29 is 22.5 Å². The van der Waals surface area contributed by atoms with Crippen LogP contribution in [0.5, 0.6) is 0 Å². The predicted molar refractivity (Wildman–Crippen MR) is 105 cm³/mol. The highest BCUT2D eigenvalue weighted by molar-refractivity contribution is 7.89. The second kappa shape index (κ2) is 7.09. The van der Waals surface area contributed by atoms with Gasteiger partial charge in [-0.15, -0.1) is 0 Å². The summed E-state index contributed by atoms with van der Waals surface area (Å²) in [4.78, 5) is 30.4. The number of rotatable bonds is 2. The maximum absolute atomic E-state index is 13.6. The van der Waals surface area contributed by atoms with Crippen LogP contribution in [0, 0.1) is 19.3 Å². The Morgan fingerprint density at radius 1 is 1.14 bits per heavy atom. The molecule has 0 saturated carbocycles. The van der Waals surface area contributed by atoms with Gasteiger partial charge < -0.3 is 14.3 Å². The van der Waals surface area contributed by atoms with E-state index in [0.29, 0.717) is 43.1 Å². The van der Waals surface area contributed by atoms with Crippen LogP contribution < -0.4 is 0 Å². The first kappa shape index (κ1) is 20.3. The maximum Gasteiger partial charge on any atom is 0.259 e. The quantitative estimate of drug-likeness (QED) is 0.695. The van der Waals surface area contributed by atoms with Gasteiger partial charge in [0.05, 0.1) is 16.9 Å². The van der Waals surface area contributed by atoms with Crippen molar-refractivity contribution in [3.63, 3.8) is 0 Å². The van der Waals surface area contributed by atoms with Crippen LogP contribution in [0.3, 0.4) is 0 Å². The van der Waals surface area contributed by atoms with E-state index in [1.54, 1.807) is 25.8 Å². The molecule has 160 valence electrons. The molecule has 1 aromatic rings. The summed E-state index contributed by atoms with van der Waals surface area (Å²) in [6, 6.07) is -0.428. The average Bonchev–Trinajstić information content (AvgIpc) is 3.34. The highest BCUT2D eigenvalue weighted by Crippen LogP contribution is 2.44. The van der Waals surface area contributed by atoms with Crippen LogP contribution in [0.4, 0.5) is 0 Å². The largest absolute Gasteiger partial charge is 0.361 e. The lowest BCUT2D eigenvalue weighted by Crippen LogP contribution is -2.68. The molecule has 0 aromatic carbocycles. The van der Waals surface area contributed by atoms with Gasteiger partial charge in [-0.1, -0.05) is 5.16 Å². The van der Waals surface area contributed by atoms with Gasteiger partial charge in [0.25, 0.3) is 5.91 Å². The zero-order valence-corrected chi connectivity index (χ0v) is 18.0. The smallest absolute Gasteiger partial charge is 0.259 e. The van der Waals surface area contributed by atoms with E-state index in [1.807, 2.05) is 4.90 Å². The van der Waals surface area contributed by atoms with Crippen LogP contribution in [0.25, 0.3) is 0 Å². The fraction of sp³-hybridized carbons (Fsp3) is 0.737. The van der Waals surface area contributed by atoms with Crippen molar-refractivity contribution in [1.29, 1.82) is 0 Å². The van der Waals surface area contributed by atoms with Crippen molar-refractivity contribution in [2.75, 3.05) is 39.0 Å². The fourth-order valence-electron chi connectivity index (χ4n) is 5.18. The van der Waals surface area contributed by atoms with E-state index in [4.69, 9.17) is 4.52 Å². The molecule has 0 bridgehead atoms. The first-order chi connectivity index (χ1) is 13.7. The number of amides is 2. The molecular weight excluding hydrogens is 396 g/mol. The molecule has 3 fully saturated rings. The fourth-order valence-corrected chi connectivity index (χ4v) is 6.78. The third-order valence-electron chi connectivity index (χ3n) is 6.82. The zero-order chi connectivity index (χ0) is 21.0. The van der Waals surface area contributed by atoms with Crippen molar-refractivity contribution in [2.45, 2.75) is 45.6 Å². The highest BCUT2D eigenvalue weighted by Gasteiger charge is 2.58. The summed E-state index contributed by atoms with van der Waals surface area (Å²) in [6.07, 6.45) is 2.60. The Balaban J connectivity index is 1.70. The van der Waals surface area contributed by atoms with Crippen molar-refractivity contribution in [2.24, 2.45) is 5.41 Å². The molecule has 0 spiro atoms. The molecule has 10 heteroatoms. The number of piperidine rings is 1. The summed E-state index contributed by atoms with van der Waals surface area (Å²) < 4.78 is 31.6. The first-order valence-electron chi connectivity index (χ1n) is 10.1. The van der Waals surface area contributed by atoms with Gasteiger partial charge in [-0.05, 0) is 39.5 Å². The van der Waals surface area contributed by atoms with Crippen molar-refractivity contribution in [3.8, 4) is 0 Å². The minimum absolute atomic E-state index is 0.0157. The minimum Gasteiger partial charge on any atom is -0.361 e. The third-order valence-corrected chi connectivity index (χ3v) is 8.67. The predicted octanol–water partition coefficient (Wildman–Crippen LogP) is 0.780. The number of hydrogen-bond donors (Lipinski definition) is 0. The normalized spacial score (nSPS) is 29.7. The Hall–Kier alpha value is -1.94. The zero-order valence-electron chi connectivity index (χ0n) is 17.2. The molecule has 4 heterocycles. The number of aryl methyl sites for hydroxylation is 2. The molecule has 0 N–H and O–H groups in total. The van der Waals surface area contributed by atoms with Crippen LogP contribution in [0.2, 0.25) is 0 Å². The van der Waals surface area contributed by atoms with Crippen molar-refractivity contribution in [1.82, 2.24) is 19.3 Å². The number of carbonyl (C=O) groups is 2. The Morgan fingerprint density at radius 2 is 1.83 bits per heavy atom. The Kier molecular flexibility index (Phi) is 4.97. The highest BCUT2D eigenvalue weighted by atomic mass is 32.2. The number of carbonyl (C=O) groups excluding carboxylic acids is 2. The van der Waals surface area contributed by atoms with Gasteiger partial charge in [-0.25, -0.2) is 12.7 Å². The molecule has 3 saturated heterocycles. The molecule has 3 aliphatic heterocycles. The first-order valence-corrected chi connectivity index (χ1v) is 11.8. The lowest BCUT2D eigenvalue weighted by molar-refractivity contribution is -0.148. The van der Waals surface area contributed by atoms with Crippen molar-refractivity contribution in [3.05, 3.63) is 17.0 Å². The summed E-state index contributed by atoms with van der Waals surface area (Å²) in [5, 5.41) is 3.87. The number of hydrogen-bond acceptors (Lipinski definition) is 6. The summed E-state index contributed by atoms with van der Waals surface area (Å²) in [6.45, 7) is 5.43. The number of likely N-dealkylation sites (tertiary alicyclic amines) is 2. The second-order valence-electron chi connectivity index (χ2n) is 8.47. The molecular formula is C19H28N4O5S. The van der Waals surface area contributed by atoms with Gasteiger partial charge in [-0.2, -0.15) is 0 Å². The Labute approximate surface area is 171 Å². The molecule has 2 amide bonds. The number of nitrogens with zero attached hydrogens (tertiary/aromatic N) is 4. The molecule has 4 rings (SSSR count). The molecule has 29 heavy (non-hydrogen) atoms. The molecule has 3 aliphatic rings. The average molecular weight is 425 g/mol. The summed E-state index contributed by atoms with van der Waals surface area (Å²) in [7, 11) is -1.82. The van der Waals surface area contributed by atoms with Crippen LogP contribution in [0.15, 0.2) is 4.52 Å². The van der Waals surface area contributed by atoms with Gasteiger partial charge in [0.15, 0.2) is 0 Å². The lowest BCUT2D eigenvalue weighted by Gasteiger charge is -2.53. The summed E-state index contributed by atoms with van der Waals surface area (Å²) in [5.41, 5.74) is 0.0546. The van der Waals surface area contributed by atoms with Gasteiger partial charge in [0.1, 0.15) is 11.3 Å². The SMILES string of the molecule is Cc1noc(C)c1C(=O)N1CC[C@H]2N(C)S(=O)(=O)CC[C@]2(C(=O)N2CCCC2)C1. The van der Waals surface area contributed by atoms with Crippen LogP contribution in [0.1, 0.15) is 47.5 Å². The molecule has 0 radical (unpaired) electrons. The van der Waals surface area contributed by atoms with E-state index in [9.17, 15) is 18.0 Å². The third kappa shape index (κ3) is 3.16. The number of sulfonamides is 1. The van der Waals surface area contributed by atoms with E-state index in [2.05, 4.69) is 5.16 Å². The van der Waals surface area contributed by atoms with Gasteiger partial charge >= 0.3 is 0 Å². The van der Waals surface area contributed by atoms with Gasteiger partial charge in [0.2, 0.25) is 15.9 Å². The minimum atomic E-state index is -3.39. The van der Waals surface area contributed by atoms with E-state index < -0.39 is 21.5 Å². The Bertz CT molecular complexity index is 917. The molecule has 9 nitrogen and oxygen atoms in total. The molecule has 1 aromatic heterocycles. The van der Waals surface area contributed by atoms with Crippen LogP contribution in [-0.4, -0.2) is 84.5 Å².